The maximum atomic E-state index is 12.7. The van der Waals surface area contributed by atoms with Crippen LogP contribution in [-0.4, -0.2) is 94.2 Å². The topological polar surface area (TPSA) is 70.9 Å². The molecule has 0 aliphatic carbocycles. The number of hydrogen-bond donors (Lipinski definition) is 0. The number of piperidine rings is 1. The van der Waals surface area contributed by atoms with Crippen LogP contribution in [0.5, 0.6) is 0 Å². The maximum Gasteiger partial charge on any atom is 0.434 e. The van der Waals surface area contributed by atoms with Crippen LogP contribution in [0.1, 0.15) is 36.9 Å². The van der Waals surface area contributed by atoms with Crippen molar-refractivity contribution >= 4 is 12.0 Å². The first-order valence-corrected chi connectivity index (χ1v) is 11.8. The molecule has 1 aromatic rings. The van der Waals surface area contributed by atoms with Crippen molar-refractivity contribution in [2.24, 2.45) is 18.9 Å². The molecule has 3 fully saturated rings. The zero-order valence-corrected chi connectivity index (χ0v) is 20.0. The summed E-state index contributed by atoms with van der Waals surface area (Å²) in [5, 5.41) is 4.65. The molecule has 0 aromatic carbocycles. The zero-order valence-electron chi connectivity index (χ0n) is 20.0. The number of halogens is 6. The number of hydrogen-bond acceptors (Lipinski definition) is 5. The Bertz CT molecular complexity index is 944. The summed E-state index contributed by atoms with van der Waals surface area (Å²) in [5.74, 6) is 0.168. The average Bonchev–Trinajstić information content (AvgIpc) is 3.43. The quantitative estimate of drug-likeness (QED) is 0.565. The van der Waals surface area contributed by atoms with Gasteiger partial charge in [-0.3, -0.25) is 14.4 Å². The van der Waals surface area contributed by atoms with Crippen molar-refractivity contribution in [3.05, 3.63) is 17.5 Å². The monoisotopic (exact) mass is 525 g/mol. The van der Waals surface area contributed by atoms with Crippen LogP contribution in [0.3, 0.4) is 0 Å². The van der Waals surface area contributed by atoms with Gasteiger partial charge in [-0.25, -0.2) is 4.79 Å². The van der Waals surface area contributed by atoms with Gasteiger partial charge in [-0.15, -0.1) is 0 Å². The second-order valence-corrected chi connectivity index (χ2v) is 9.96. The summed E-state index contributed by atoms with van der Waals surface area (Å²) in [6.45, 7) is 4.75. The number of ether oxygens (including phenoxy) is 1. The van der Waals surface area contributed by atoms with Gasteiger partial charge in [0.05, 0.1) is 5.69 Å². The Morgan fingerprint density at radius 3 is 2.06 bits per heavy atom. The Morgan fingerprint density at radius 1 is 1.00 bits per heavy atom. The molecule has 36 heavy (non-hydrogen) atoms. The Balaban J connectivity index is 1.32. The van der Waals surface area contributed by atoms with Crippen LogP contribution in [0.25, 0.3) is 0 Å². The molecule has 0 bridgehead atoms. The standard InChI is InChI=1S/C22H29F6N5O3/c1-13(34)32-5-3-14(4-6-32)18-17(7-30(2)29-18)10-31-8-15-11-33(12-16(15)9-31)20(35)36-19(21(23,24)25)22(26,27)28/h7,14-16,19H,3-6,8-12H2,1-2H3. The van der Waals surface area contributed by atoms with Crippen LogP contribution in [0.4, 0.5) is 31.1 Å². The summed E-state index contributed by atoms with van der Waals surface area (Å²) in [6.07, 6.45) is -13.6. The van der Waals surface area contributed by atoms with Gasteiger partial charge in [0.25, 0.3) is 6.10 Å². The van der Waals surface area contributed by atoms with Crippen LogP contribution in [-0.2, 0) is 23.1 Å². The summed E-state index contributed by atoms with van der Waals surface area (Å²) in [4.78, 5) is 28.6. The highest BCUT2D eigenvalue weighted by Gasteiger charge is 2.60. The van der Waals surface area contributed by atoms with Crippen LogP contribution < -0.4 is 0 Å². The summed E-state index contributed by atoms with van der Waals surface area (Å²) < 4.78 is 82.0. The molecule has 2 unspecified atom stereocenters. The van der Waals surface area contributed by atoms with Gasteiger partial charge in [-0.1, -0.05) is 0 Å². The first kappa shape index (κ1) is 26.6. The predicted molar refractivity (Wildman–Crippen MR) is 114 cm³/mol. The number of carbonyl (C=O) groups excluding carboxylic acids is 2. The molecule has 0 saturated carbocycles. The van der Waals surface area contributed by atoms with Crippen molar-refractivity contribution in [1.82, 2.24) is 24.5 Å². The fourth-order valence-corrected chi connectivity index (χ4v) is 5.59. The van der Waals surface area contributed by atoms with E-state index in [1.807, 2.05) is 18.1 Å². The third-order valence-electron chi connectivity index (χ3n) is 7.29. The Labute approximate surface area is 204 Å². The minimum atomic E-state index is -5.73. The lowest BCUT2D eigenvalue weighted by molar-refractivity contribution is -0.308. The van der Waals surface area contributed by atoms with E-state index in [0.717, 1.165) is 29.0 Å². The van der Waals surface area contributed by atoms with Crippen LogP contribution in [0, 0.1) is 11.8 Å². The molecule has 3 aliphatic heterocycles. The van der Waals surface area contributed by atoms with E-state index in [0.29, 0.717) is 32.7 Å². The number of aromatic nitrogens is 2. The Hall–Kier alpha value is -2.51. The molecule has 4 heterocycles. The molecule has 14 heteroatoms. The third-order valence-corrected chi connectivity index (χ3v) is 7.29. The molecular formula is C22H29F6N5O3. The largest absolute Gasteiger partial charge is 0.434 e. The van der Waals surface area contributed by atoms with E-state index in [-0.39, 0.29) is 36.8 Å². The van der Waals surface area contributed by atoms with E-state index in [2.05, 4.69) is 14.7 Å². The van der Waals surface area contributed by atoms with Crippen molar-refractivity contribution in [1.29, 1.82) is 0 Å². The van der Waals surface area contributed by atoms with Gasteiger partial charge in [-0.2, -0.15) is 31.4 Å². The number of alkyl halides is 6. The molecule has 4 rings (SSSR count). The lowest BCUT2D eigenvalue weighted by Crippen LogP contribution is -2.48. The number of aryl methyl sites for hydroxylation is 1. The van der Waals surface area contributed by atoms with E-state index in [1.54, 1.807) is 11.6 Å². The minimum Gasteiger partial charge on any atom is -0.426 e. The van der Waals surface area contributed by atoms with Gasteiger partial charge in [-0.05, 0) is 24.7 Å². The van der Waals surface area contributed by atoms with E-state index in [4.69, 9.17) is 0 Å². The van der Waals surface area contributed by atoms with Gasteiger partial charge >= 0.3 is 18.4 Å². The first-order chi connectivity index (χ1) is 16.7. The number of likely N-dealkylation sites (tertiary alicyclic amines) is 3. The van der Waals surface area contributed by atoms with Crippen LogP contribution >= 0.6 is 0 Å². The van der Waals surface area contributed by atoms with Crippen LogP contribution in [0.15, 0.2) is 6.20 Å². The van der Waals surface area contributed by atoms with Crippen LogP contribution in [0.2, 0.25) is 0 Å². The lowest BCUT2D eigenvalue weighted by Gasteiger charge is -2.31. The molecule has 0 spiro atoms. The Morgan fingerprint density at radius 2 is 1.56 bits per heavy atom. The number of rotatable bonds is 4. The highest BCUT2D eigenvalue weighted by atomic mass is 19.4. The third kappa shape index (κ3) is 5.73. The summed E-state index contributed by atoms with van der Waals surface area (Å²) in [5.41, 5.74) is 2.06. The predicted octanol–water partition coefficient (Wildman–Crippen LogP) is 3.14. The van der Waals surface area contributed by atoms with Gasteiger partial charge in [0.1, 0.15) is 0 Å². The van der Waals surface area contributed by atoms with Gasteiger partial charge < -0.3 is 14.5 Å². The molecule has 0 N–H and O–H groups in total. The van der Waals surface area contributed by atoms with Gasteiger partial charge in [0, 0.05) is 77.5 Å². The fourth-order valence-electron chi connectivity index (χ4n) is 5.59. The molecule has 0 radical (unpaired) electrons. The molecular weight excluding hydrogens is 496 g/mol. The minimum absolute atomic E-state index is 0.0475. The van der Waals surface area contributed by atoms with Crippen molar-refractivity contribution < 1.29 is 40.7 Å². The second-order valence-electron chi connectivity index (χ2n) is 9.96. The fraction of sp³-hybridized carbons (Fsp3) is 0.773. The van der Waals surface area contributed by atoms with E-state index >= 15 is 0 Å². The van der Waals surface area contributed by atoms with Crippen molar-refractivity contribution in [3.8, 4) is 0 Å². The summed E-state index contributed by atoms with van der Waals surface area (Å²) in [7, 11) is 1.84. The van der Waals surface area contributed by atoms with Crippen molar-refractivity contribution in [2.75, 3.05) is 39.3 Å². The molecule has 3 aliphatic rings. The smallest absolute Gasteiger partial charge is 0.426 e. The molecule has 8 nitrogen and oxygen atoms in total. The molecule has 1 aromatic heterocycles. The molecule has 202 valence electrons. The average molecular weight is 525 g/mol. The number of carbonyl (C=O) groups is 2. The highest BCUT2D eigenvalue weighted by Crippen LogP contribution is 2.38. The van der Waals surface area contributed by atoms with Gasteiger partial charge in [0.2, 0.25) is 5.91 Å². The number of fused-ring (bicyclic) bond motifs is 1. The lowest BCUT2D eigenvalue weighted by atomic mass is 9.91. The summed E-state index contributed by atoms with van der Waals surface area (Å²) in [6, 6.07) is 0. The SMILES string of the molecule is CC(=O)N1CCC(c2nn(C)cc2CN2CC3CN(C(=O)OC(C(F)(F)F)C(F)(F)F)CC3C2)CC1. The summed E-state index contributed by atoms with van der Waals surface area (Å²) >= 11 is 0. The maximum absolute atomic E-state index is 12.7. The molecule has 2 atom stereocenters. The van der Waals surface area contributed by atoms with E-state index in [1.165, 1.54) is 0 Å². The molecule has 3 saturated heterocycles. The van der Waals surface area contributed by atoms with E-state index in [9.17, 15) is 35.9 Å². The zero-order chi connectivity index (χ0) is 26.4. The van der Waals surface area contributed by atoms with E-state index < -0.39 is 24.5 Å². The highest BCUT2D eigenvalue weighted by molar-refractivity contribution is 5.73. The molecule has 2 amide bonds. The van der Waals surface area contributed by atoms with Crippen molar-refractivity contribution in [3.63, 3.8) is 0 Å². The Kier molecular flexibility index (Phi) is 7.19. The normalized spacial score (nSPS) is 24.0. The number of nitrogens with zero attached hydrogens (tertiary/aromatic N) is 5. The van der Waals surface area contributed by atoms with Crippen molar-refractivity contribution in [2.45, 2.75) is 50.7 Å². The number of amides is 2. The first-order valence-electron chi connectivity index (χ1n) is 11.8. The van der Waals surface area contributed by atoms with Gasteiger partial charge in [0.15, 0.2) is 0 Å². The second kappa shape index (κ2) is 9.75.